The standard InChI is InChI=1S/C18H23F2NO2S/c1-11(18-8-12-4-13(9-18)6-14(5-12)10-18)21-24(22,23)17-7-15(19)2-3-16(17)20/h2-3,7,11-14,21H,4-6,8-10H2,1H3/t11-,12?,13?,14?,18?/m1/s1. The van der Waals surface area contributed by atoms with Gasteiger partial charge in [0.1, 0.15) is 16.5 Å². The number of hydrogen-bond acceptors (Lipinski definition) is 2. The molecule has 6 heteroatoms. The maximum atomic E-state index is 13.9. The minimum Gasteiger partial charge on any atom is -0.208 e. The van der Waals surface area contributed by atoms with E-state index < -0.39 is 26.6 Å². The van der Waals surface area contributed by atoms with Gasteiger partial charge in [0.05, 0.1) is 0 Å². The van der Waals surface area contributed by atoms with Gasteiger partial charge in [0.25, 0.3) is 0 Å². The number of nitrogens with one attached hydrogen (secondary N) is 1. The summed E-state index contributed by atoms with van der Waals surface area (Å²) in [5.74, 6) is 0.443. The Balaban J connectivity index is 1.59. The van der Waals surface area contributed by atoms with E-state index in [1.807, 2.05) is 6.92 Å². The molecule has 1 aromatic carbocycles. The Morgan fingerprint density at radius 2 is 1.62 bits per heavy atom. The smallest absolute Gasteiger partial charge is 0.208 e. The molecule has 0 aliphatic heterocycles. The fourth-order valence-electron chi connectivity index (χ4n) is 5.81. The first-order chi connectivity index (χ1) is 11.3. The summed E-state index contributed by atoms with van der Waals surface area (Å²) in [4.78, 5) is -0.598. The molecule has 24 heavy (non-hydrogen) atoms. The van der Waals surface area contributed by atoms with E-state index in [2.05, 4.69) is 4.72 Å². The van der Waals surface area contributed by atoms with Gasteiger partial charge in [-0.15, -0.1) is 0 Å². The third-order valence-electron chi connectivity index (χ3n) is 6.52. The number of hydrogen-bond donors (Lipinski definition) is 1. The summed E-state index contributed by atoms with van der Waals surface area (Å²) >= 11 is 0. The Morgan fingerprint density at radius 3 is 2.17 bits per heavy atom. The first kappa shape index (κ1) is 16.5. The minimum absolute atomic E-state index is 0.0222. The van der Waals surface area contributed by atoms with Gasteiger partial charge in [-0.3, -0.25) is 0 Å². The summed E-state index contributed by atoms with van der Waals surface area (Å²) in [5, 5.41) is 0. The molecular formula is C18H23F2NO2S. The van der Waals surface area contributed by atoms with E-state index in [1.54, 1.807) is 0 Å². The third kappa shape index (κ3) is 2.68. The van der Waals surface area contributed by atoms with Crippen LogP contribution >= 0.6 is 0 Å². The summed E-state index contributed by atoms with van der Waals surface area (Å²) in [6.45, 7) is 1.89. The normalized spacial score (nSPS) is 36.0. The van der Waals surface area contributed by atoms with Gasteiger partial charge >= 0.3 is 0 Å². The molecule has 0 amide bonds. The van der Waals surface area contributed by atoms with E-state index in [0.29, 0.717) is 17.8 Å². The zero-order valence-electron chi connectivity index (χ0n) is 13.8. The highest BCUT2D eigenvalue weighted by molar-refractivity contribution is 7.89. The van der Waals surface area contributed by atoms with Crippen LogP contribution in [0.5, 0.6) is 0 Å². The second-order valence-electron chi connectivity index (χ2n) is 8.20. The zero-order chi connectivity index (χ0) is 17.1. The lowest BCUT2D eigenvalue weighted by molar-refractivity contribution is -0.0666. The monoisotopic (exact) mass is 355 g/mol. The maximum Gasteiger partial charge on any atom is 0.243 e. The van der Waals surface area contributed by atoms with E-state index >= 15 is 0 Å². The zero-order valence-corrected chi connectivity index (χ0v) is 14.6. The summed E-state index contributed by atoms with van der Waals surface area (Å²) < 4.78 is 55.1. The molecule has 4 saturated carbocycles. The molecule has 4 fully saturated rings. The van der Waals surface area contributed by atoms with Crippen molar-refractivity contribution in [2.45, 2.75) is 56.4 Å². The number of benzene rings is 1. The largest absolute Gasteiger partial charge is 0.243 e. The van der Waals surface area contributed by atoms with Gasteiger partial charge in [-0.25, -0.2) is 21.9 Å². The van der Waals surface area contributed by atoms with Gasteiger partial charge in [-0.2, -0.15) is 0 Å². The second-order valence-corrected chi connectivity index (χ2v) is 9.88. The van der Waals surface area contributed by atoms with E-state index in [1.165, 1.54) is 19.3 Å². The van der Waals surface area contributed by atoms with E-state index in [-0.39, 0.29) is 11.5 Å². The van der Waals surface area contributed by atoms with Gasteiger partial charge in [0, 0.05) is 6.04 Å². The van der Waals surface area contributed by atoms with Crippen molar-refractivity contribution < 1.29 is 17.2 Å². The number of halogens is 2. The van der Waals surface area contributed by atoms with Crippen molar-refractivity contribution in [3.63, 3.8) is 0 Å². The molecule has 1 aromatic rings. The SMILES string of the molecule is C[C@@H](NS(=O)(=O)c1cc(F)ccc1F)C12CC3CC(CC(C3)C1)C2. The first-order valence-corrected chi connectivity index (χ1v) is 10.2. The van der Waals surface area contributed by atoms with Gasteiger partial charge in [-0.05, 0) is 86.8 Å². The molecule has 0 radical (unpaired) electrons. The Bertz CT molecular complexity index is 727. The molecule has 5 rings (SSSR count). The summed E-state index contributed by atoms with van der Waals surface area (Å²) in [7, 11) is -4.07. The molecule has 1 atom stereocenters. The topological polar surface area (TPSA) is 46.2 Å². The molecule has 1 N–H and O–H groups in total. The van der Waals surface area contributed by atoms with Crippen LogP contribution in [0, 0.1) is 34.8 Å². The molecular weight excluding hydrogens is 332 g/mol. The second kappa shape index (κ2) is 5.49. The van der Waals surface area contributed by atoms with Gasteiger partial charge in [0.2, 0.25) is 10.0 Å². The van der Waals surface area contributed by atoms with Crippen molar-refractivity contribution in [3.05, 3.63) is 29.8 Å². The van der Waals surface area contributed by atoms with Crippen LogP contribution in [0.15, 0.2) is 23.1 Å². The van der Waals surface area contributed by atoms with Crippen molar-refractivity contribution in [1.82, 2.24) is 4.72 Å². The molecule has 0 aromatic heterocycles. The van der Waals surface area contributed by atoms with Crippen LogP contribution in [0.3, 0.4) is 0 Å². The Morgan fingerprint density at radius 1 is 1.08 bits per heavy atom. The van der Waals surface area contributed by atoms with Crippen LogP contribution in [-0.2, 0) is 10.0 Å². The predicted molar refractivity (Wildman–Crippen MR) is 86.7 cm³/mol. The van der Waals surface area contributed by atoms with Crippen LogP contribution in [-0.4, -0.2) is 14.5 Å². The van der Waals surface area contributed by atoms with Gasteiger partial charge in [-0.1, -0.05) is 0 Å². The van der Waals surface area contributed by atoms with Crippen LogP contribution in [0.4, 0.5) is 8.78 Å². The lowest BCUT2D eigenvalue weighted by Crippen LogP contribution is -2.55. The number of rotatable bonds is 4. The third-order valence-corrected chi connectivity index (χ3v) is 8.07. The van der Waals surface area contributed by atoms with Crippen molar-refractivity contribution in [3.8, 4) is 0 Å². The summed E-state index contributed by atoms with van der Waals surface area (Å²) in [6.07, 6.45) is 6.97. The molecule has 0 spiro atoms. The molecule has 4 bridgehead atoms. The molecule has 4 aliphatic rings. The fourth-order valence-corrected chi connectivity index (χ4v) is 7.25. The average Bonchev–Trinajstić information content (AvgIpc) is 2.48. The van der Waals surface area contributed by atoms with Gasteiger partial charge < -0.3 is 0 Å². The molecule has 0 unspecified atom stereocenters. The Hall–Kier alpha value is -1.01. The first-order valence-electron chi connectivity index (χ1n) is 8.75. The predicted octanol–water partition coefficient (Wildman–Crippen LogP) is 3.85. The molecule has 3 nitrogen and oxygen atoms in total. The van der Waals surface area contributed by atoms with E-state index in [0.717, 1.165) is 37.5 Å². The average molecular weight is 355 g/mol. The highest BCUT2D eigenvalue weighted by atomic mass is 32.2. The highest BCUT2D eigenvalue weighted by Crippen LogP contribution is 2.61. The van der Waals surface area contributed by atoms with Crippen LogP contribution in [0.1, 0.15) is 45.4 Å². The lowest BCUT2D eigenvalue weighted by atomic mass is 9.48. The van der Waals surface area contributed by atoms with E-state index in [4.69, 9.17) is 0 Å². The minimum atomic E-state index is -4.07. The Kier molecular flexibility index (Phi) is 3.77. The molecule has 132 valence electrons. The van der Waals surface area contributed by atoms with Crippen molar-refractivity contribution in [1.29, 1.82) is 0 Å². The van der Waals surface area contributed by atoms with E-state index in [9.17, 15) is 17.2 Å². The fraction of sp³-hybridized carbons (Fsp3) is 0.667. The number of sulfonamides is 1. The molecule has 0 saturated heterocycles. The van der Waals surface area contributed by atoms with Gasteiger partial charge in [0.15, 0.2) is 0 Å². The summed E-state index contributed by atoms with van der Waals surface area (Å²) in [5.41, 5.74) is -0.0222. The Labute approximate surface area is 141 Å². The summed E-state index contributed by atoms with van der Waals surface area (Å²) in [6, 6.07) is 2.28. The maximum absolute atomic E-state index is 13.9. The lowest BCUT2D eigenvalue weighted by Gasteiger charge is -2.59. The van der Waals surface area contributed by atoms with Crippen LogP contribution in [0.25, 0.3) is 0 Å². The molecule has 0 heterocycles. The highest BCUT2D eigenvalue weighted by Gasteiger charge is 2.53. The van der Waals surface area contributed by atoms with Crippen molar-refractivity contribution in [2.75, 3.05) is 0 Å². The van der Waals surface area contributed by atoms with Crippen molar-refractivity contribution in [2.24, 2.45) is 23.2 Å². The van der Waals surface area contributed by atoms with Crippen LogP contribution in [0.2, 0.25) is 0 Å². The van der Waals surface area contributed by atoms with Crippen molar-refractivity contribution >= 4 is 10.0 Å². The van der Waals surface area contributed by atoms with Crippen LogP contribution < -0.4 is 4.72 Å². The quantitative estimate of drug-likeness (QED) is 0.892. The molecule has 4 aliphatic carbocycles.